The Hall–Kier alpha value is -3.62. The molecule has 2 aromatic carbocycles. The summed E-state index contributed by atoms with van der Waals surface area (Å²) in [5.74, 6) is 0.0375. The fourth-order valence-corrected chi connectivity index (χ4v) is 3.60. The molecular weight excluding hydrogens is 391 g/mol. The van der Waals surface area contributed by atoms with Crippen LogP contribution in [0.2, 0.25) is 0 Å². The molecule has 1 fully saturated rings. The van der Waals surface area contributed by atoms with E-state index in [0.29, 0.717) is 35.9 Å². The highest BCUT2D eigenvalue weighted by molar-refractivity contribution is 5.95. The van der Waals surface area contributed by atoms with Crippen molar-refractivity contribution >= 4 is 11.6 Å². The Balaban J connectivity index is 1.51. The van der Waals surface area contributed by atoms with Gasteiger partial charge in [0.15, 0.2) is 0 Å². The van der Waals surface area contributed by atoms with E-state index in [1.54, 1.807) is 36.1 Å². The molecule has 1 aliphatic rings. The van der Waals surface area contributed by atoms with Gasteiger partial charge in [-0.25, -0.2) is 4.39 Å². The molecule has 1 saturated heterocycles. The zero-order valence-corrected chi connectivity index (χ0v) is 16.2. The highest BCUT2D eigenvalue weighted by Crippen LogP contribution is 2.29. The average Bonchev–Trinajstić information content (AvgIpc) is 3.24. The molecule has 30 heavy (non-hydrogen) atoms. The third-order valence-electron chi connectivity index (χ3n) is 5.25. The van der Waals surface area contributed by atoms with Crippen LogP contribution in [-0.2, 0) is 0 Å². The second kappa shape index (κ2) is 8.02. The number of piperidine rings is 1. The highest BCUT2D eigenvalue weighted by Gasteiger charge is 2.30. The summed E-state index contributed by atoms with van der Waals surface area (Å²) in [5, 5.41) is 15.2. The summed E-state index contributed by atoms with van der Waals surface area (Å²) in [5.41, 5.74) is 1.36. The summed E-state index contributed by atoms with van der Waals surface area (Å²) < 4.78 is 18.5. The fourth-order valence-electron chi connectivity index (χ4n) is 3.60. The first-order valence-electron chi connectivity index (χ1n) is 9.56. The van der Waals surface area contributed by atoms with Gasteiger partial charge in [-0.15, -0.1) is 0 Å². The molecule has 1 unspecified atom stereocenters. The molecule has 1 aromatic heterocycles. The number of carbonyl (C=O) groups excluding carboxylic acids is 1. The van der Waals surface area contributed by atoms with Crippen LogP contribution in [0.25, 0.3) is 11.4 Å². The number of carbonyl (C=O) groups is 1. The van der Waals surface area contributed by atoms with E-state index in [4.69, 9.17) is 4.52 Å². The van der Waals surface area contributed by atoms with Crippen LogP contribution in [0.15, 0.2) is 47.0 Å². The van der Waals surface area contributed by atoms with E-state index in [0.717, 1.165) is 12.8 Å². The normalized spacial score (nSPS) is 16.5. The van der Waals surface area contributed by atoms with Crippen LogP contribution in [0, 0.1) is 22.9 Å². The minimum absolute atomic E-state index is 0.0738. The zero-order valence-electron chi connectivity index (χ0n) is 16.2. The number of benzene rings is 2. The van der Waals surface area contributed by atoms with Crippen molar-refractivity contribution < 1.29 is 18.6 Å². The number of nitrogens with zero attached hydrogens (tertiary/aromatic N) is 4. The Labute approximate surface area is 171 Å². The van der Waals surface area contributed by atoms with Crippen LogP contribution in [0.1, 0.15) is 40.6 Å². The van der Waals surface area contributed by atoms with E-state index < -0.39 is 4.92 Å². The molecule has 4 rings (SSSR count). The SMILES string of the molecule is Cc1ccc(C(=O)N2CCCC(c3nc(-c4ccc(F)cc4)no3)C2)cc1[N+](=O)[O-]. The zero-order chi connectivity index (χ0) is 21.3. The largest absolute Gasteiger partial charge is 0.339 e. The second-order valence-corrected chi connectivity index (χ2v) is 7.31. The number of likely N-dealkylation sites (tertiary alicyclic amines) is 1. The van der Waals surface area contributed by atoms with Crippen molar-refractivity contribution in [2.45, 2.75) is 25.7 Å². The first-order chi connectivity index (χ1) is 14.4. The van der Waals surface area contributed by atoms with E-state index in [1.807, 2.05) is 0 Å². The number of nitro groups is 1. The van der Waals surface area contributed by atoms with Crippen molar-refractivity contribution in [3.63, 3.8) is 0 Å². The molecular formula is C21H19FN4O4. The van der Waals surface area contributed by atoms with Gasteiger partial charge in [0, 0.05) is 35.8 Å². The minimum atomic E-state index is -0.486. The van der Waals surface area contributed by atoms with Gasteiger partial charge in [0.25, 0.3) is 11.6 Å². The molecule has 0 spiro atoms. The molecule has 3 aromatic rings. The monoisotopic (exact) mass is 410 g/mol. The number of hydrogen-bond acceptors (Lipinski definition) is 6. The number of hydrogen-bond donors (Lipinski definition) is 0. The number of halogens is 1. The van der Waals surface area contributed by atoms with Crippen molar-refractivity contribution in [3.8, 4) is 11.4 Å². The maximum absolute atomic E-state index is 13.1. The van der Waals surface area contributed by atoms with Crippen LogP contribution < -0.4 is 0 Å². The lowest BCUT2D eigenvalue weighted by Crippen LogP contribution is -2.39. The van der Waals surface area contributed by atoms with Gasteiger partial charge in [-0.1, -0.05) is 11.2 Å². The maximum atomic E-state index is 13.1. The van der Waals surface area contributed by atoms with E-state index in [9.17, 15) is 19.3 Å². The third kappa shape index (κ3) is 3.91. The van der Waals surface area contributed by atoms with Crippen LogP contribution in [0.5, 0.6) is 0 Å². The summed E-state index contributed by atoms with van der Waals surface area (Å²) in [6, 6.07) is 10.3. The van der Waals surface area contributed by atoms with E-state index in [2.05, 4.69) is 10.1 Å². The lowest BCUT2D eigenvalue weighted by Gasteiger charge is -2.31. The quantitative estimate of drug-likeness (QED) is 0.474. The van der Waals surface area contributed by atoms with Crippen LogP contribution >= 0.6 is 0 Å². The molecule has 2 heterocycles. The lowest BCUT2D eigenvalue weighted by molar-refractivity contribution is -0.385. The number of aryl methyl sites for hydroxylation is 1. The molecule has 154 valence electrons. The molecule has 0 saturated carbocycles. The average molecular weight is 410 g/mol. The van der Waals surface area contributed by atoms with Gasteiger partial charge in [-0.05, 0) is 50.1 Å². The smallest absolute Gasteiger partial charge is 0.273 e. The molecule has 0 bridgehead atoms. The number of amides is 1. The molecule has 1 aliphatic heterocycles. The molecule has 0 N–H and O–H groups in total. The molecule has 0 aliphatic carbocycles. The summed E-state index contributed by atoms with van der Waals surface area (Å²) in [6.45, 7) is 2.57. The van der Waals surface area contributed by atoms with Gasteiger partial charge in [0.2, 0.25) is 11.7 Å². The highest BCUT2D eigenvalue weighted by atomic mass is 19.1. The van der Waals surface area contributed by atoms with Gasteiger partial charge in [0.1, 0.15) is 5.82 Å². The standard InChI is InChI=1S/C21H19FN4O4/c1-13-4-5-15(11-18(13)26(28)29)21(27)25-10-2-3-16(12-25)20-23-19(24-30-20)14-6-8-17(22)9-7-14/h4-9,11,16H,2-3,10,12H2,1H3. The van der Waals surface area contributed by atoms with Gasteiger partial charge in [0.05, 0.1) is 10.8 Å². The summed E-state index contributed by atoms with van der Waals surface area (Å²) in [7, 11) is 0. The van der Waals surface area contributed by atoms with Crippen LogP contribution in [0.3, 0.4) is 0 Å². The lowest BCUT2D eigenvalue weighted by atomic mass is 9.97. The van der Waals surface area contributed by atoms with Crippen LogP contribution in [-0.4, -0.2) is 39.0 Å². The first-order valence-corrected chi connectivity index (χ1v) is 9.56. The maximum Gasteiger partial charge on any atom is 0.273 e. The third-order valence-corrected chi connectivity index (χ3v) is 5.25. The first kappa shape index (κ1) is 19.7. The van der Waals surface area contributed by atoms with Crippen molar-refractivity contribution in [1.82, 2.24) is 15.0 Å². The van der Waals surface area contributed by atoms with Gasteiger partial charge in [-0.3, -0.25) is 14.9 Å². The Bertz CT molecular complexity index is 1100. The molecule has 0 radical (unpaired) electrons. The van der Waals surface area contributed by atoms with Gasteiger partial charge in [-0.2, -0.15) is 4.98 Å². The Kier molecular flexibility index (Phi) is 5.26. The molecule has 1 amide bonds. The topological polar surface area (TPSA) is 102 Å². The predicted molar refractivity (Wildman–Crippen MR) is 105 cm³/mol. The van der Waals surface area contributed by atoms with Crippen LogP contribution in [0.4, 0.5) is 10.1 Å². The number of rotatable bonds is 4. The second-order valence-electron chi connectivity index (χ2n) is 7.31. The number of aromatic nitrogens is 2. The summed E-state index contributed by atoms with van der Waals surface area (Å²) >= 11 is 0. The van der Waals surface area contributed by atoms with Gasteiger partial charge < -0.3 is 9.42 Å². The van der Waals surface area contributed by atoms with E-state index in [-0.39, 0.29) is 28.9 Å². The van der Waals surface area contributed by atoms with E-state index >= 15 is 0 Å². The summed E-state index contributed by atoms with van der Waals surface area (Å²) in [6.07, 6.45) is 1.53. The van der Waals surface area contributed by atoms with E-state index in [1.165, 1.54) is 18.2 Å². The molecule has 9 heteroatoms. The van der Waals surface area contributed by atoms with Crippen molar-refractivity contribution in [3.05, 3.63) is 75.4 Å². The molecule has 8 nitrogen and oxygen atoms in total. The Morgan fingerprint density at radius 3 is 2.77 bits per heavy atom. The minimum Gasteiger partial charge on any atom is -0.339 e. The van der Waals surface area contributed by atoms with Crippen molar-refractivity contribution in [2.75, 3.05) is 13.1 Å². The molecule has 1 atom stereocenters. The predicted octanol–water partition coefficient (Wildman–Crippen LogP) is 4.11. The van der Waals surface area contributed by atoms with Crippen molar-refractivity contribution in [1.29, 1.82) is 0 Å². The van der Waals surface area contributed by atoms with Crippen molar-refractivity contribution in [2.24, 2.45) is 0 Å². The number of nitro benzene ring substituents is 1. The van der Waals surface area contributed by atoms with Gasteiger partial charge >= 0.3 is 0 Å². The Morgan fingerprint density at radius 2 is 2.03 bits per heavy atom. The Morgan fingerprint density at radius 1 is 1.27 bits per heavy atom. The fraction of sp³-hybridized carbons (Fsp3) is 0.286. The summed E-state index contributed by atoms with van der Waals surface area (Å²) in [4.78, 5) is 29.7.